The summed E-state index contributed by atoms with van der Waals surface area (Å²) in [5.74, 6) is 0.104. The minimum atomic E-state index is -0.702. The first-order chi connectivity index (χ1) is 18.9. The first kappa shape index (κ1) is 26.9. The van der Waals surface area contributed by atoms with E-state index in [-0.39, 0.29) is 18.8 Å². The fourth-order valence-electron chi connectivity index (χ4n) is 4.40. The molecule has 2 heterocycles. The van der Waals surface area contributed by atoms with Gasteiger partial charge in [-0.05, 0) is 49.8 Å². The standard InChI is InChI=1S/C30H24Cl2N2O4S/c1-3-37-29(36)26-18(2)33-30-34(27(26)19-12-14-22(31)15-13-19)28(35)25(39-30)16-20-8-5-7-11-24(20)38-17-21-9-4-6-10-23(21)32/h4-16,27H,3,17H2,1-2H3/b25-16-. The van der Waals surface area contributed by atoms with Gasteiger partial charge < -0.3 is 9.47 Å². The van der Waals surface area contributed by atoms with Gasteiger partial charge in [0.25, 0.3) is 5.56 Å². The zero-order valence-corrected chi connectivity index (χ0v) is 23.5. The van der Waals surface area contributed by atoms with Crippen LogP contribution in [-0.4, -0.2) is 17.1 Å². The van der Waals surface area contributed by atoms with Crippen molar-refractivity contribution >= 4 is 46.6 Å². The second-order valence-electron chi connectivity index (χ2n) is 8.77. The smallest absolute Gasteiger partial charge is 0.338 e. The average molecular weight is 580 g/mol. The fraction of sp³-hybridized carbons (Fsp3) is 0.167. The van der Waals surface area contributed by atoms with E-state index in [4.69, 9.17) is 32.7 Å². The summed E-state index contributed by atoms with van der Waals surface area (Å²) in [5, 5.41) is 1.18. The molecule has 1 aromatic heterocycles. The Labute approximate surface area is 239 Å². The van der Waals surface area contributed by atoms with Gasteiger partial charge >= 0.3 is 5.97 Å². The minimum absolute atomic E-state index is 0.207. The number of nitrogens with zero attached hydrogens (tertiary/aromatic N) is 2. The number of carbonyl (C=O) groups excluding carboxylic acids is 1. The number of aromatic nitrogens is 1. The lowest BCUT2D eigenvalue weighted by molar-refractivity contribution is -0.139. The van der Waals surface area contributed by atoms with Crippen LogP contribution >= 0.6 is 34.5 Å². The molecule has 39 heavy (non-hydrogen) atoms. The van der Waals surface area contributed by atoms with E-state index in [0.717, 1.165) is 16.7 Å². The molecular formula is C30H24Cl2N2O4S. The summed E-state index contributed by atoms with van der Waals surface area (Å²) in [4.78, 5) is 32.0. The van der Waals surface area contributed by atoms with Gasteiger partial charge in [-0.3, -0.25) is 9.36 Å². The van der Waals surface area contributed by atoms with E-state index in [2.05, 4.69) is 4.99 Å². The molecule has 1 unspecified atom stereocenters. The highest BCUT2D eigenvalue weighted by Gasteiger charge is 2.33. The zero-order chi connectivity index (χ0) is 27.5. The highest BCUT2D eigenvalue weighted by molar-refractivity contribution is 7.07. The van der Waals surface area contributed by atoms with E-state index in [1.807, 2.05) is 48.5 Å². The van der Waals surface area contributed by atoms with E-state index < -0.39 is 12.0 Å². The van der Waals surface area contributed by atoms with Gasteiger partial charge in [0, 0.05) is 21.2 Å². The Balaban J connectivity index is 1.60. The van der Waals surface area contributed by atoms with Crippen molar-refractivity contribution in [3.05, 3.63) is 130 Å². The van der Waals surface area contributed by atoms with Gasteiger partial charge in [0.15, 0.2) is 4.80 Å². The molecule has 4 aromatic rings. The van der Waals surface area contributed by atoms with Crippen LogP contribution in [0.2, 0.25) is 10.0 Å². The van der Waals surface area contributed by atoms with Crippen LogP contribution in [0.1, 0.15) is 36.6 Å². The number of hydrogen-bond donors (Lipinski definition) is 0. The molecule has 9 heteroatoms. The molecule has 1 aliphatic heterocycles. The van der Waals surface area contributed by atoms with Crippen molar-refractivity contribution in [2.45, 2.75) is 26.5 Å². The molecule has 0 fully saturated rings. The molecule has 1 atom stereocenters. The van der Waals surface area contributed by atoms with Crippen molar-refractivity contribution in [1.82, 2.24) is 4.57 Å². The molecule has 0 N–H and O–H groups in total. The maximum absolute atomic E-state index is 13.9. The van der Waals surface area contributed by atoms with E-state index >= 15 is 0 Å². The normalized spacial score (nSPS) is 15.1. The van der Waals surface area contributed by atoms with Gasteiger partial charge in [-0.2, -0.15) is 0 Å². The zero-order valence-electron chi connectivity index (χ0n) is 21.2. The highest BCUT2D eigenvalue weighted by atomic mass is 35.5. The molecule has 6 nitrogen and oxygen atoms in total. The van der Waals surface area contributed by atoms with Crippen molar-refractivity contribution in [3.63, 3.8) is 0 Å². The molecule has 1 aliphatic rings. The van der Waals surface area contributed by atoms with Crippen molar-refractivity contribution in [1.29, 1.82) is 0 Å². The summed E-state index contributed by atoms with van der Waals surface area (Å²) in [6, 6.07) is 21.3. The number of rotatable bonds is 7. The van der Waals surface area contributed by atoms with Crippen molar-refractivity contribution in [3.8, 4) is 5.75 Å². The molecule has 0 saturated heterocycles. The molecule has 0 amide bonds. The molecule has 5 rings (SSSR count). The summed E-state index contributed by atoms with van der Waals surface area (Å²) in [5.41, 5.74) is 2.88. The van der Waals surface area contributed by atoms with Crippen molar-refractivity contribution < 1.29 is 14.3 Å². The maximum atomic E-state index is 13.9. The first-order valence-electron chi connectivity index (χ1n) is 12.3. The Bertz CT molecular complexity index is 1760. The van der Waals surface area contributed by atoms with Gasteiger partial charge in [0.05, 0.1) is 28.5 Å². The van der Waals surface area contributed by atoms with Crippen LogP contribution in [0.5, 0.6) is 5.75 Å². The maximum Gasteiger partial charge on any atom is 0.338 e. The number of carbonyl (C=O) groups is 1. The molecule has 0 saturated carbocycles. The number of fused-ring (bicyclic) bond motifs is 1. The molecular weight excluding hydrogens is 555 g/mol. The monoisotopic (exact) mass is 578 g/mol. The highest BCUT2D eigenvalue weighted by Crippen LogP contribution is 2.31. The third-order valence-electron chi connectivity index (χ3n) is 6.25. The van der Waals surface area contributed by atoms with Gasteiger partial charge in [-0.15, -0.1) is 0 Å². The predicted octanol–water partition coefficient (Wildman–Crippen LogP) is 5.68. The first-order valence-corrected chi connectivity index (χ1v) is 13.8. The number of thiazole rings is 1. The second kappa shape index (κ2) is 11.6. The van der Waals surface area contributed by atoms with Crippen LogP contribution in [0.4, 0.5) is 0 Å². The lowest BCUT2D eigenvalue weighted by Gasteiger charge is -2.24. The third kappa shape index (κ3) is 5.57. The molecule has 3 aromatic carbocycles. The van der Waals surface area contributed by atoms with E-state index in [1.165, 1.54) is 11.3 Å². The Morgan fingerprint density at radius 1 is 1.05 bits per heavy atom. The number of esters is 1. The Hall–Kier alpha value is -3.65. The number of para-hydroxylation sites is 1. The molecule has 0 spiro atoms. The van der Waals surface area contributed by atoms with Crippen LogP contribution in [0.15, 0.2) is 93.9 Å². The van der Waals surface area contributed by atoms with E-state index in [9.17, 15) is 9.59 Å². The Morgan fingerprint density at radius 2 is 1.77 bits per heavy atom. The van der Waals surface area contributed by atoms with Gasteiger partial charge in [0.1, 0.15) is 12.4 Å². The SMILES string of the molecule is CCOC(=O)C1=C(C)N=c2s/c(=C\c3ccccc3OCc3ccccc3Cl)c(=O)n2C1c1ccc(Cl)cc1. The number of benzene rings is 3. The number of allylic oxidation sites excluding steroid dienone is 1. The van der Waals surface area contributed by atoms with E-state index in [0.29, 0.717) is 36.4 Å². The minimum Gasteiger partial charge on any atom is -0.488 e. The van der Waals surface area contributed by atoms with Gasteiger partial charge in [0.2, 0.25) is 0 Å². The summed E-state index contributed by atoms with van der Waals surface area (Å²) in [7, 11) is 0. The summed E-state index contributed by atoms with van der Waals surface area (Å²) >= 11 is 13.7. The largest absolute Gasteiger partial charge is 0.488 e. The van der Waals surface area contributed by atoms with Crippen LogP contribution < -0.4 is 19.6 Å². The van der Waals surface area contributed by atoms with Crippen LogP contribution in [0.25, 0.3) is 6.08 Å². The second-order valence-corrected chi connectivity index (χ2v) is 10.6. The topological polar surface area (TPSA) is 69.9 Å². The predicted molar refractivity (Wildman–Crippen MR) is 154 cm³/mol. The quantitative estimate of drug-likeness (QED) is 0.264. The molecule has 0 aliphatic carbocycles. The molecule has 198 valence electrons. The molecule has 0 bridgehead atoms. The fourth-order valence-corrected chi connectivity index (χ4v) is 5.75. The van der Waals surface area contributed by atoms with Gasteiger partial charge in [-0.1, -0.05) is 83.1 Å². The summed E-state index contributed by atoms with van der Waals surface area (Å²) < 4.78 is 13.4. The lowest BCUT2D eigenvalue weighted by Crippen LogP contribution is -2.39. The number of hydrogen-bond acceptors (Lipinski definition) is 6. The summed E-state index contributed by atoms with van der Waals surface area (Å²) in [6.45, 7) is 3.98. The van der Waals surface area contributed by atoms with Crippen LogP contribution in [0, 0.1) is 0 Å². The Morgan fingerprint density at radius 3 is 2.51 bits per heavy atom. The van der Waals surface area contributed by atoms with Crippen molar-refractivity contribution in [2.24, 2.45) is 4.99 Å². The number of ether oxygens (including phenoxy) is 2. The van der Waals surface area contributed by atoms with E-state index in [1.54, 1.807) is 48.8 Å². The Kier molecular flexibility index (Phi) is 8.02. The average Bonchev–Trinajstić information content (AvgIpc) is 3.23. The van der Waals surface area contributed by atoms with Crippen LogP contribution in [-0.2, 0) is 16.1 Å². The van der Waals surface area contributed by atoms with Crippen molar-refractivity contribution in [2.75, 3.05) is 6.61 Å². The molecule has 0 radical (unpaired) electrons. The summed E-state index contributed by atoms with van der Waals surface area (Å²) in [6.07, 6.45) is 1.79. The third-order valence-corrected chi connectivity index (χ3v) is 7.85. The van der Waals surface area contributed by atoms with Crippen LogP contribution in [0.3, 0.4) is 0 Å². The number of halogens is 2. The van der Waals surface area contributed by atoms with Gasteiger partial charge in [-0.25, -0.2) is 9.79 Å². The lowest BCUT2D eigenvalue weighted by atomic mass is 9.96.